The molecule has 0 aliphatic heterocycles. The predicted octanol–water partition coefficient (Wildman–Crippen LogP) is 1.59. The summed E-state index contributed by atoms with van der Waals surface area (Å²) in [6, 6.07) is 5.69. The number of nitrogens with two attached hydrogens (primary N) is 1. The summed E-state index contributed by atoms with van der Waals surface area (Å²) in [4.78, 5) is 4.25. The molecule has 0 fully saturated rings. The molecule has 0 bridgehead atoms. The van der Waals surface area contributed by atoms with Crippen LogP contribution < -0.4 is 11.1 Å². The third kappa shape index (κ3) is 2.09. The molecule has 5 heteroatoms. The standard InChI is InChI=1S/C11H15N3O2/c1-2-8(6-15)13-11-14-9-4-3-7(12)5-10(9)16-11/h3-5,8,15H,2,6,12H2,1H3,(H,13,14). The van der Waals surface area contributed by atoms with E-state index in [1.807, 2.05) is 6.92 Å². The average molecular weight is 221 g/mol. The number of rotatable bonds is 4. The number of hydrogen-bond acceptors (Lipinski definition) is 5. The van der Waals surface area contributed by atoms with E-state index in [2.05, 4.69) is 10.3 Å². The Hall–Kier alpha value is -1.75. The Balaban J connectivity index is 2.25. The molecule has 1 aromatic carbocycles. The number of anilines is 2. The lowest BCUT2D eigenvalue weighted by molar-refractivity contribution is 0.270. The van der Waals surface area contributed by atoms with Crippen LogP contribution in [0.1, 0.15) is 13.3 Å². The number of aliphatic hydroxyl groups is 1. The van der Waals surface area contributed by atoms with Crippen LogP contribution >= 0.6 is 0 Å². The van der Waals surface area contributed by atoms with E-state index in [1.165, 1.54) is 0 Å². The highest BCUT2D eigenvalue weighted by Crippen LogP contribution is 2.21. The second-order valence-electron chi connectivity index (χ2n) is 3.68. The molecule has 86 valence electrons. The van der Waals surface area contributed by atoms with Gasteiger partial charge in [-0.05, 0) is 18.6 Å². The highest BCUT2D eigenvalue weighted by Gasteiger charge is 2.10. The van der Waals surface area contributed by atoms with Gasteiger partial charge in [0.1, 0.15) is 5.52 Å². The number of fused-ring (bicyclic) bond motifs is 1. The van der Waals surface area contributed by atoms with Gasteiger partial charge in [0.2, 0.25) is 0 Å². The van der Waals surface area contributed by atoms with Gasteiger partial charge in [0, 0.05) is 11.8 Å². The summed E-state index contributed by atoms with van der Waals surface area (Å²) in [5.41, 5.74) is 7.68. The number of aliphatic hydroxyl groups excluding tert-OH is 1. The summed E-state index contributed by atoms with van der Waals surface area (Å²) in [6.45, 7) is 2.03. The fourth-order valence-corrected chi connectivity index (χ4v) is 1.45. The van der Waals surface area contributed by atoms with Crippen molar-refractivity contribution in [3.05, 3.63) is 18.2 Å². The van der Waals surface area contributed by atoms with E-state index in [-0.39, 0.29) is 12.6 Å². The van der Waals surface area contributed by atoms with Gasteiger partial charge in [-0.3, -0.25) is 0 Å². The fraction of sp³-hybridized carbons (Fsp3) is 0.364. The topological polar surface area (TPSA) is 84.3 Å². The monoisotopic (exact) mass is 221 g/mol. The minimum Gasteiger partial charge on any atom is -0.423 e. The van der Waals surface area contributed by atoms with Crippen LogP contribution in [-0.4, -0.2) is 22.7 Å². The second kappa shape index (κ2) is 4.40. The number of hydrogen-bond donors (Lipinski definition) is 3. The van der Waals surface area contributed by atoms with Crippen molar-refractivity contribution >= 4 is 22.8 Å². The SMILES string of the molecule is CCC(CO)Nc1nc2ccc(N)cc2o1. The average Bonchev–Trinajstić information content (AvgIpc) is 2.67. The first-order chi connectivity index (χ1) is 7.72. The van der Waals surface area contributed by atoms with Crippen LogP contribution in [0.3, 0.4) is 0 Å². The van der Waals surface area contributed by atoms with Crippen molar-refractivity contribution < 1.29 is 9.52 Å². The first-order valence-electron chi connectivity index (χ1n) is 5.26. The summed E-state index contributed by atoms with van der Waals surface area (Å²) in [6.07, 6.45) is 0.803. The Morgan fingerprint density at radius 2 is 2.38 bits per heavy atom. The van der Waals surface area contributed by atoms with Crippen molar-refractivity contribution in [2.24, 2.45) is 0 Å². The van der Waals surface area contributed by atoms with Crippen LogP contribution in [0, 0.1) is 0 Å². The summed E-state index contributed by atoms with van der Waals surface area (Å²) in [7, 11) is 0. The lowest BCUT2D eigenvalue weighted by Crippen LogP contribution is -2.22. The van der Waals surface area contributed by atoms with E-state index < -0.39 is 0 Å². The molecule has 0 spiro atoms. The molecule has 5 nitrogen and oxygen atoms in total. The molecule has 2 rings (SSSR count). The second-order valence-corrected chi connectivity index (χ2v) is 3.68. The van der Waals surface area contributed by atoms with E-state index in [4.69, 9.17) is 15.3 Å². The van der Waals surface area contributed by atoms with Gasteiger partial charge in [-0.1, -0.05) is 6.92 Å². The molecule has 1 atom stereocenters. The van der Waals surface area contributed by atoms with Gasteiger partial charge in [0.25, 0.3) is 6.01 Å². The quantitative estimate of drug-likeness (QED) is 0.683. The minimum absolute atomic E-state index is 0.0367. The Kier molecular flexibility index (Phi) is 2.96. The van der Waals surface area contributed by atoms with Crippen molar-refractivity contribution in [1.82, 2.24) is 4.98 Å². The van der Waals surface area contributed by atoms with Gasteiger partial charge >= 0.3 is 0 Å². The van der Waals surface area contributed by atoms with Crippen molar-refractivity contribution in [2.45, 2.75) is 19.4 Å². The molecule has 1 unspecified atom stereocenters. The summed E-state index contributed by atoms with van der Waals surface area (Å²) in [5, 5.41) is 12.1. The molecule has 2 aromatic rings. The van der Waals surface area contributed by atoms with Crippen molar-refractivity contribution in [1.29, 1.82) is 0 Å². The largest absolute Gasteiger partial charge is 0.423 e. The molecule has 1 aromatic heterocycles. The first-order valence-corrected chi connectivity index (χ1v) is 5.26. The Morgan fingerprint density at radius 1 is 1.56 bits per heavy atom. The molecule has 4 N–H and O–H groups in total. The molecule has 16 heavy (non-hydrogen) atoms. The van der Waals surface area contributed by atoms with Gasteiger partial charge < -0.3 is 20.6 Å². The summed E-state index contributed by atoms with van der Waals surface area (Å²) in [5.74, 6) is 0. The maximum Gasteiger partial charge on any atom is 0.295 e. The van der Waals surface area contributed by atoms with E-state index in [1.54, 1.807) is 18.2 Å². The van der Waals surface area contributed by atoms with Crippen LogP contribution in [-0.2, 0) is 0 Å². The molecule has 0 saturated carbocycles. The highest BCUT2D eigenvalue weighted by molar-refractivity contribution is 5.78. The van der Waals surface area contributed by atoms with Crippen molar-refractivity contribution in [3.8, 4) is 0 Å². The van der Waals surface area contributed by atoms with Crippen LogP contribution in [0.5, 0.6) is 0 Å². The molecular formula is C11H15N3O2. The first kappa shape index (κ1) is 10.8. The number of nitrogens with one attached hydrogen (secondary N) is 1. The molecule has 0 amide bonds. The lowest BCUT2D eigenvalue weighted by Gasteiger charge is -2.10. The summed E-state index contributed by atoms with van der Waals surface area (Å²) < 4.78 is 5.47. The zero-order chi connectivity index (χ0) is 11.5. The molecule has 0 aliphatic carbocycles. The summed E-state index contributed by atoms with van der Waals surface area (Å²) >= 11 is 0. The van der Waals surface area contributed by atoms with E-state index >= 15 is 0 Å². The van der Waals surface area contributed by atoms with Crippen LogP contribution in [0.15, 0.2) is 22.6 Å². The van der Waals surface area contributed by atoms with Crippen LogP contribution in [0.4, 0.5) is 11.7 Å². The molecule has 0 aliphatic rings. The van der Waals surface area contributed by atoms with Crippen LogP contribution in [0.25, 0.3) is 11.1 Å². The maximum absolute atomic E-state index is 9.05. The van der Waals surface area contributed by atoms with Gasteiger partial charge in [0.05, 0.1) is 12.6 Å². The normalized spacial score (nSPS) is 12.9. The number of oxazole rings is 1. The van der Waals surface area contributed by atoms with E-state index in [0.29, 0.717) is 17.3 Å². The Labute approximate surface area is 93.3 Å². The maximum atomic E-state index is 9.05. The lowest BCUT2D eigenvalue weighted by atomic mass is 10.2. The predicted molar refractivity (Wildman–Crippen MR) is 63.2 cm³/mol. The van der Waals surface area contributed by atoms with E-state index in [9.17, 15) is 0 Å². The minimum atomic E-state index is -0.0367. The number of nitrogens with zero attached hydrogens (tertiary/aromatic N) is 1. The van der Waals surface area contributed by atoms with E-state index in [0.717, 1.165) is 11.9 Å². The third-order valence-corrected chi connectivity index (χ3v) is 2.45. The fourth-order valence-electron chi connectivity index (χ4n) is 1.45. The van der Waals surface area contributed by atoms with Gasteiger partial charge in [0.15, 0.2) is 5.58 Å². The van der Waals surface area contributed by atoms with Crippen molar-refractivity contribution in [3.63, 3.8) is 0 Å². The van der Waals surface area contributed by atoms with Gasteiger partial charge in [-0.25, -0.2) is 0 Å². The van der Waals surface area contributed by atoms with Crippen LogP contribution in [0.2, 0.25) is 0 Å². The molecular weight excluding hydrogens is 206 g/mol. The third-order valence-electron chi connectivity index (χ3n) is 2.45. The van der Waals surface area contributed by atoms with Gasteiger partial charge in [-0.2, -0.15) is 4.98 Å². The zero-order valence-corrected chi connectivity index (χ0v) is 9.10. The van der Waals surface area contributed by atoms with Crippen molar-refractivity contribution in [2.75, 3.05) is 17.7 Å². The Bertz CT molecular complexity index is 477. The van der Waals surface area contributed by atoms with Gasteiger partial charge in [-0.15, -0.1) is 0 Å². The molecule has 0 saturated heterocycles. The highest BCUT2D eigenvalue weighted by atomic mass is 16.4. The molecule has 1 heterocycles. The Morgan fingerprint density at radius 3 is 3.06 bits per heavy atom. The number of aromatic nitrogens is 1. The number of nitrogen functional groups attached to an aromatic ring is 1. The molecule has 0 radical (unpaired) electrons. The number of benzene rings is 1. The smallest absolute Gasteiger partial charge is 0.295 e. The zero-order valence-electron chi connectivity index (χ0n) is 9.10.